The number of aromatic nitrogens is 3. The third kappa shape index (κ3) is 4.91. The van der Waals surface area contributed by atoms with E-state index in [4.69, 9.17) is 11.6 Å². The van der Waals surface area contributed by atoms with Crippen LogP contribution in [-0.2, 0) is 0 Å². The second-order valence-electron chi connectivity index (χ2n) is 8.46. The predicted octanol–water partition coefficient (Wildman–Crippen LogP) is 5.17. The van der Waals surface area contributed by atoms with Crippen molar-refractivity contribution in [2.75, 3.05) is 43.9 Å². The van der Waals surface area contributed by atoms with Gasteiger partial charge in [0, 0.05) is 53.2 Å². The van der Waals surface area contributed by atoms with E-state index >= 15 is 0 Å². The number of aryl methyl sites for hydroxylation is 1. The van der Waals surface area contributed by atoms with Crippen LogP contribution < -0.4 is 16.1 Å². The Morgan fingerprint density at radius 2 is 1.83 bits per heavy atom. The lowest BCUT2D eigenvalue weighted by Crippen LogP contribution is -2.30. The maximum absolute atomic E-state index is 13.2. The molecule has 35 heavy (non-hydrogen) atoms. The van der Waals surface area contributed by atoms with Crippen LogP contribution in [0.25, 0.3) is 31.2 Å². The molecule has 0 aliphatic rings. The first-order valence-corrected chi connectivity index (χ1v) is 12.6. The highest BCUT2D eigenvalue weighted by molar-refractivity contribution is 7.24. The Kier molecular flexibility index (Phi) is 6.77. The average Bonchev–Trinajstić information content (AvgIpc) is 2.85. The summed E-state index contributed by atoms with van der Waals surface area (Å²) in [6.45, 7) is 5.15. The van der Waals surface area contributed by atoms with E-state index in [1.807, 2.05) is 43.3 Å². The Labute approximate surface area is 211 Å². The van der Waals surface area contributed by atoms with Crippen LogP contribution >= 0.6 is 22.9 Å². The number of likely N-dealkylation sites (N-methyl/N-ethyl adjacent to an activating group) is 1. The van der Waals surface area contributed by atoms with Crippen molar-refractivity contribution in [3.8, 4) is 0 Å². The molecule has 3 heterocycles. The Bertz CT molecular complexity index is 1590. The minimum absolute atomic E-state index is 0.0315. The molecule has 2 aromatic carbocycles. The monoisotopic (exact) mass is 504 g/mol. The first kappa shape index (κ1) is 23.4. The number of anilines is 2. The topological polar surface area (TPSA) is 83.0 Å². The molecule has 0 radical (unpaired) electrons. The van der Waals surface area contributed by atoms with Gasteiger partial charge >= 0.3 is 0 Å². The molecule has 3 aromatic heterocycles. The molecule has 178 valence electrons. The lowest BCUT2D eigenvalue weighted by atomic mass is 10.1. The van der Waals surface area contributed by atoms with Crippen LogP contribution in [0.1, 0.15) is 5.56 Å². The highest BCUT2D eigenvalue weighted by Crippen LogP contribution is 2.30. The molecular weight excluding hydrogens is 480 g/mol. The van der Waals surface area contributed by atoms with Crippen LogP contribution in [0.2, 0.25) is 5.02 Å². The summed E-state index contributed by atoms with van der Waals surface area (Å²) in [5.74, 6) is 0.801. The number of rotatable bonds is 8. The summed E-state index contributed by atoms with van der Waals surface area (Å²) in [6, 6.07) is 13.3. The molecule has 0 aliphatic carbocycles. The number of nitrogens with zero attached hydrogens (tertiary/aromatic N) is 4. The number of nitrogens with one attached hydrogen (secondary N) is 2. The average molecular weight is 505 g/mol. The normalized spacial score (nSPS) is 11.5. The molecule has 0 unspecified atom stereocenters. The molecule has 7 nitrogen and oxygen atoms in total. The minimum Gasteiger partial charge on any atom is -0.383 e. The van der Waals surface area contributed by atoms with Crippen LogP contribution in [0.15, 0.2) is 59.8 Å². The predicted molar refractivity (Wildman–Crippen MR) is 147 cm³/mol. The molecule has 9 heteroatoms. The molecule has 2 N–H and O–H groups in total. The van der Waals surface area contributed by atoms with Crippen molar-refractivity contribution in [3.05, 3.63) is 75.8 Å². The van der Waals surface area contributed by atoms with Gasteiger partial charge in [-0.2, -0.15) is 0 Å². The molecule has 0 bridgehead atoms. The molecule has 0 spiro atoms. The number of benzene rings is 2. The molecule has 0 amide bonds. The van der Waals surface area contributed by atoms with Crippen LogP contribution in [-0.4, -0.2) is 53.1 Å². The summed E-state index contributed by atoms with van der Waals surface area (Å²) in [7, 11) is 2.08. The van der Waals surface area contributed by atoms with Crippen molar-refractivity contribution >= 4 is 65.6 Å². The fraction of sp³-hybridized carbons (Fsp3) is 0.231. The molecule has 0 fully saturated rings. The smallest absolute Gasteiger partial charge is 0.199 e. The highest BCUT2D eigenvalue weighted by atomic mass is 35.5. The summed E-state index contributed by atoms with van der Waals surface area (Å²) < 4.78 is 0.988. The van der Waals surface area contributed by atoms with Crippen molar-refractivity contribution in [1.29, 1.82) is 0 Å². The van der Waals surface area contributed by atoms with E-state index in [-0.39, 0.29) is 5.43 Å². The zero-order valence-corrected chi connectivity index (χ0v) is 21.1. The number of pyridine rings is 1. The Morgan fingerprint density at radius 1 is 1.00 bits per heavy atom. The van der Waals surface area contributed by atoms with Crippen molar-refractivity contribution in [3.63, 3.8) is 0 Å². The van der Waals surface area contributed by atoms with E-state index in [0.29, 0.717) is 10.4 Å². The molecule has 0 saturated carbocycles. The van der Waals surface area contributed by atoms with Gasteiger partial charge in [-0.25, -0.2) is 15.0 Å². The van der Waals surface area contributed by atoms with Gasteiger partial charge in [0.15, 0.2) is 5.43 Å². The van der Waals surface area contributed by atoms with Crippen LogP contribution in [0.4, 0.5) is 11.5 Å². The molecule has 5 rings (SSSR count). The second kappa shape index (κ2) is 10.1. The minimum atomic E-state index is 0.0315. The zero-order valence-electron chi connectivity index (χ0n) is 19.5. The number of halogens is 1. The van der Waals surface area contributed by atoms with Crippen molar-refractivity contribution in [2.24, 2.45) is 0 Å². The van der Waals surface area contributed by atoms with Gasteiger partial charge in [0.05, 0.1) is 16.3 Å². The maximum atomic E-state index is 13.2. The fourth-order valence-electron chi connectivity index (χ4n) is 4.10. The fourth-order valence-corrected chi connectivity index (χ4v) is 5.37. The van der Waals surface area contributed by atoms with Gasteiger partial charge in [-0.15, -0.1) is 11.3 Å². The van der Waals surface area contributed by atoms with Crippen LogP contribution in [0.3, 0.4) is 0 Å². The van der Waals surface area contributed by atoms with E-state index in [1.165, 1.54) is 0 Å². The number of fused-ring (bicyclic) bond motifs is 3. The number of hydrogen-bond acceptors (Lipinski definition) is 8. The summed E-state index contributed by atoms with van der Waals surface area (Å²) in [5, 5.41) is 9.90. The summed E-state index contributed by atoms with van der Waals surface area (Å²) in [5.41, 5.74) is 2.81. The zero-order chi connectivity index (χ0) is 24.4. The van der Waals surface area contributed by atoms with Crippen molar-refractivity contribution < 1.29 is 0 Å². The van der Waals surface area contributed by atoms with Crippen molar-refractivity contribution in [2.45, 2.75) is 6.92 Å². The van der Waals surface area contributed by atoms with Gasteiger partial charge in [0.1, 0.15) is 17.0 Å². The summed E-state index contributed by atoms with van der Waals surface area (Å²) in [6.07, 6.45) is 3.28. The second-order valence-corrected chi connectivity index (χ2v) is 9.90. The molecule has 0 saturated heterocycles. The molecular formula is C26H25ClN6OS. The SMILES string of the molecule is Cc1ccc(NCCN(C)CCNc2ncnc3cc(Cl)ccc23)c2c(=O)c3cccnc3sc12. The van der Waals surface area contributed by atoms with Gasteiger partial charge in [-0.05, 0) is 55.9 Å². The largest absolute Gasteiger partial charge is 0.383 e. The third-order valence-corrected chi connectivity index (χ3v) is 7.47. The van der Waals surface area contributed by atoms with E-state index in [9.17, 15) is 4.79 Å². The standard InChI is InChI=1S/C26H25ClN6OS/c1-16-5-8-20(22-23(34)19-4-3-9-30-26(19)35-24(16)22)28-10-12-33(2)13-11-29-25-18-7-6-17(27)14-21(18)31-15-32-25/h3-9,14-15,28H,10-13H2,1-2H3,(H,29,31,32). The highest BCUT2D eigenvalue weighted by Gasteiger charge is 2.13. The van der Waals surface area contributed by atoms with Crippen LogP contribution in [0.5, 0.6) is 0 Å². The van der Waals surface area contributed by atoms with Gasteiger partial charge in [-0.1, -0.05) is 17.7 Å². The molecule has 0 aliphatic heterocycles. The molecule has 5 aromatic rings. The van der Waals surface area contributed by atoms with E-state index in [2.05, 4.69) is 43.6 Å². The molecule has 0 atom stereocenters. The Balaban J connectivity index is 1.22. The third-order valence-electron chi connectivity index (χ3n) is 5.99. The van der Waals surface area contributed by atoms with Gasteiger partial charge in [0.2, 0.25) is 0 Å². The summed E-state index contributed by atoms with van der Waals surface area (Å²) >= 11 is 7.64. The Morgan fingerprint density at radius 3 is 2.69 bits per heavy atom. The van der Waals surface area contributed by atoms with Gasteiger partial charge < -0.3 is 15.5 Å². The van der Waals surface area contributed by atoms with Gasteiger partial charge in [-0.3, -0.25) is 4.79 Å². The van der Waals surface area contributed by atoms with E-state index in [1.54, 1.807) is 23.9 Å². The first-order chi connectivity index (χ1) is 17.0. The van der Waals surface area contributed by atoms with Crippen molar-refractivity contribution in [1.82, 2.24) is 19.9 Å². The maximum Gasteiger partial charge on any atom is 0.199 e. The lowest BCUT2D eigenvalue weighted by molar-refractivity contribution is 0.361. The first-order valence-electron chi connectivity index (χ1n) is 11.4. The van der Waals surface area contributed by atoms with Crippen LogP contribution in [0, 0.1) is 6.92 Å². The number of hydrogen-bond donors (Lipinski definition) is 2. The lowest BCUT2D eigenvalue weighted by Gasteiger charge is -2.19. The Hall–Kier alpha value is -3.33. The van der Waals surface area contributed by atoms with E-state index < -0.39 is 0 Å². The quantitative estimate of drug-likeness (QED) is 0.282. The van der Waals surface area contributed by atoms with E-state index in [0.717, 1.165) is 69.1 Å². The summed E-state index contributed by atoms with van der Waals surface area (Å²) in [4.78, 5) is 29.3. The van der Waals surface area contributed by atoms with Gasteiger partial charge in [0.25, 0.3) is 0 Å².